The molecule has 0 saturated heterocycles. The maximum atomic E-state index is 13.5. The number of rotatable bonds is 38. The summed E-state index contributed by atoms with van der Waals surface area (Å²) in [6, 6.07) is 30.8. The Labute approximate surface area is 485 Å². The first-order valence-electron chi connectivity index (χ1n) is 29.3. The molecule has 440 valence electrons. The van der Waals surface area contributed by atoms with Crippen molar-refractivity contribution in [3.8, 4) is 11.5 Å². The summed E-state index contributed by atoms with van der Waals surface area (Å²) < 4.78 is 23.0. The lowest BCUT2D eigenvalue weighted by Gasteiger charge is -2.34. The minimum Gasteiger partial charge on any atom is -0.494 e. The fourth-order valence-corrected chi connectivity index (χ4v) is 9.31. The molecule has 5 rings (SSSR count). The molecule has 0 aromatic heterocycles. The van der Waals surface area contributed by atoms with E-state index in [1.54, 1.807) is 60.7 Å². The van der Waals surface area contributed by atoms with Crippen LogP contribution in [0, 0.1) is 20.9 Å². The second-order valence-corrected chi connectivity index (χ2v) is 21.4. The van der Waals surface area contributed by atoms with E-state index in [0.717, 1.165) is 18.5 Å². The molecule has 0 aliphatic carbocycles. The molecule has 1 unspecified atom stereocenters. The summed E-state index contributed by atoms with van der Waals surface area (Å²) in [6.45, 7) is 13.6. The number of nitrogens with zero attached hydrogens (tertiary/aromatic N) is 10. The summed E-state index contributed by atoms with van der Waals surface area (Å²) >= 11 is 0. The SMILES string of the molecule is CCCCCCCCCCCCCCCCCCOC(=O)C(C)(CC)CC(C)(C)C(=O)OCCN(CC)c1ccc(N=Nc2cc(OC)c(N=Nc3ccc(N=Nc4ccc(N=Nc5ccc([N+](=O)[O-])cc5)cc4)cc3)cc2OC)cc1. The molecular formula is C64H86N10O8. The van der Waals surface area contributed by atoms with Gasteiger partial charge in [-0.2, -0.15) is 30.7 Å². The number of nitro groups is 1. The Morgan fingerprint density at radius 3 is 1.21 bits per heavy atom. The van der Waals surface area contributed by atoms with Gasteiger partial charge in [0.05, 0.1) is 77.2 Å². The van der Waals surface area contributed by atoms with Crippen molar-refractivity contribution < 1.29 is 33.5 Å². The van der Waals surface area contributed by atoms with Crippen LogP contribution in [0.15, 0.2) is 150 Å². The van der Waals surface area contributed by atoms with Crippen molar-refractivity contribution in [3.63, 3.8) is 0 Å². The maximum Gasteiger partial charge on any atom is 0.311 e. The van der Waals surface area contributed by atoms with Crippen molar-refractivity contribution >= 4 is 68.8 Å². The normalized spacial score (nSPS) is 12.6. The summed E-state index contributed by atoms with van der Waals surface area (Å²) in [5.74, 6) is 0.246. The van der Waals surface area contributed by atoms with Crippen LogP contribution in [0.2, 0.25) is 0 Å². The molecule has 0 amide bonds. The van der Waals surface area contributed by atoms with Gasteiger partial charge >= 0.3 is 11.9 Å². The zero-order valence-electron chi connectivity index (χ0n) is 49.7. The van der Waals surface area contributed by atoms with Gasteiger partial charge in [0.1, 0.15) is 29.5 Å². The molecule has 5 aromatic rings. The number of hydrogen-bond acceptors (Lipinski definition) is 17. The molecule has 0 heterocycles. The highest BCUT2D eigenvalue weighted by Crippen LogP contribution is 2.42. The van der Waals surface area contributed by atoms with Gasteiger partial charge in [0.15, 0.2) is 0 Å². The van der Waals surface area contributed by atoms with Crippen LogP contribution in [0.4, 0.5) is 56.9 Å². The molecule has 82 heavy (non-hydrogen) atoms. The maximum absolute atomic E-state index is 13.5. The van der Waals surface area contributed by atoms with Gasteiger partial charge in [0.25, 0.3) is 5.69 Å². The first kappa shape index (κ1) is 65.1. The summed E-state index contributed by atoms with van der Waals surface area (Å²) in [5.41, 5.74) is 3.56. The number of anilines is 1. The van der Waals surface area contributed by atoms with Crippen LogP contribution in [0.1, 0.15) is 157 Å². The first-order valence-corrected chi connectivity index (χ1v) is 29.3. The van der Waals surface area contributed by atoms with Crippen LogP contribution in [0.5, 0.6) is 11.5 Å². The van der Waals surface area contributed by atoms with E-state index < -0.39 is 15.8 Å². The topological polar surface area (TPSA) is 216 Å². The van der Waals surface area contributed by atoms with Crippen LogP contribution in [-0.2, 0) is 19.1 Å². The summed E-state index contributed by atoms with van der Waals surface area (Å²) in [7, 11) is 3.07. The van der Waals surface area contributed by atoms with Crippen molar-refractivity contribution in [1.29, 1.82) is 0 Å². The average Bonchev–Trinajstić information content (AvgIpc) is 3.60. The standard InChI is InChI=1S/C64H86N10O8/c1-9-12-13-14-15-16-17-18-19-20-21-22-23-24-25-26-44-81-62(76)64(6,10-2)48-63(4,5)61(75)82-45-43-73(11-3)55-39-35-54(36-40-55)70-72-58-47-59(79-7)57(46-60(58)80-8)71-69-52-33-31-51(32-34-52)66-65-49-27-29-50(30-28-49)67-68-53-37-41-56(42-38-53)74(77)78/h27-42,46-47H,9-26,43-45,48H2,1-8H3. The Morgan fingerprint density at radius 2 is 0.841 bits per heavy atom. The number of non-ortho nitro benzene ring substituents is 1. The molecular weight excluding hydrogens is 1040 g/mol. The molecule has 1 atom stereocenters. The number of methoxy groups -OCH3 is 2. The van der Waals surface area contributed by atoms with E-state index in [1.165, 1.54) is 128 Å². The van der Waals surface area contributed by atoms with Gasteiger partial charge in [0.2, 0.25) is 0 Å². The fraction of sp³-hybridized carbons (Fsp3) is 0.500. The zero-order valence-corrected chi connectivity index (χ0v) is 49.7. The Kier molecular flexibility index (Phi) is 27.9. The smallest absolute Gasteiger partial charge is 0.311 e. The molecule has 0 bridgehead atoms. The van der Waals surface area contributed by atoms with Gasteiger partial charge in [-0.15, -0.1) is 10.2 Å². The van der Waals surface area contributed by atoms with Gasteiger partial charge in [0, 0.05) is 36.5 Å². The average molecular weight is 1120 g/mol. The molecule has 18 nitrogen and oxygen atoms in total. The first-order chi connectivity index (χ1) is 39.7. The predicted molar refractivity (Wildman–Crippen MR) is 325 cm³/mol. The number of ether oxygens (including phenoxy) is 4. The monoisotopic (exact) mass is 1120 g/mol. The lowest BCUT2D eigenvalue weighted by atomic mass is 9.72. The number of benzene rings is 5. The molecule has 0 fully saturated rings. The van der Waals surface area contributed by atoms with E-state index in [2.05, 4.69) is 52.7 Å². The predicted octanol–water partition coefficient (Wildman–Crippen LogP) is 20.3. The highest BCUT2D eigenvalue weighted by molar-refractivity contribution is 5.80. The lowest BCUT2D eigenvalue weighted by molar-refractivity contribution is -0.384. The molecule has 0 aliphatic heterocycles. The van der Waals surface area contributed by atoms with Crippen LogP contribution in [-0.4, -0.2) is 57.4 Å². The molecule has 5 aromatic carbocycles. The third-order valence-electron chi connectivity index (χ3n) is 14.4. The molecule has 0 saturated carbocycles. The number of carbonyl (C=O) groups is 2. The molecule has 0 aliphatic rings. The van der Waals surface area contributed by atoms with E-state index in [0.29, 0.717) is 89.5 Å². The number of nitro benzene ring substituents is 1. The van der Waals surface area contributed by atoms with E-state index in [1.807, 2.05) is 58.9 Å². The van der Waals surface area contributed by atoms with E-state index in [4.69, 9.17) is 18.9 Å². The van der Waals surface area contributed by atoms with Gasteiger partial charge in [-0.25, -0.2) is 0 Å². The van der Waals surface area contributed by atoms with Crippen molar-refractivity contribution in [2.45, 2.75) is 157 Å². The number of azo groups is 4. The third-order valence-corrected chi connectivity index (χ3v) is 14.4. The van der Waals surface area contributed by atoms with Crippen molar-refractivity contribution in [1.82, 2.24) is 0 Å². The number of unbranched alkanes of at least 4 members (excludes halogenated alkanes) is 15. The molecule has 0 spiro atoms. The van der Waals surface area contributed by atoms with E-state index >= 15 is 0 Å². The Bertz CT molecular complexity index is 2840. The second kappa shape index (κ2) is 35.2. The quantitative estimate of drug-likeness (QED) is 0.0121. The molecule has 18 heteroatoms. The van der Waals surface area contributed by atoms with Crippen LogP contribution >= 0.6 is 0 Å². The molecule has 0 radical (unpaired) electrons. The highest BCUT2D eigenvalue weighted by atomic mass is 16.6. The fourth-order valence-electron chi connectivity index (χ4n) is 9.31. The van der Waals surface area contributed by atoms with Crippen molar-refractivity contribution in [2.24, 2.45) is 51.7 Å². The zero-order chi connectivity index (χ0) is 59.0. The largest absolute Gasteiger partial charge is 0.494 e. The minimum absolute atomic E-state index is 0.0150. The Balaban J connectivity index is 1.03. The minimum atomic E-state index is -0.888. The summed E-state index contributed by atoms with van der Waals surface area (Å²) in [5, 5.41) is 45.6. The van der Waals surface area contributed by atoms with Crippen molar-refractivity contribution in [3.05, 3.63) is 119 Å². The van der Waals surface area contributed by atoms with Gasteiger partial charge < -0.3 is 23.8 Å². The van der Waals surface area contributed by atoms with Crippen LogP contribution in [0.25, 0.3) is 0 Å². The van der Waals surface area contributed by atoms with E-state index in [9.17, 15) is 19.7 Å². The number of esters is 2. The van der Waals surface area contributed by atoms with Crippen LogP contribution in [0.3, 0.4) is 0 Å². The Morgan fingerprint density at radius 1 is 0.488 bits per heavy atom. The Hall–Kier alpha value is -7.76. The number of likely N-dealkylation sites (N-methyl/N-ethyl adjacent to an activating group) is 1. The number of hydrogen-bond donors (Lipinski definition) is 0. The van der Waals surface area contributed by atoms with E-state index in [-0.39, 0.29) is 24.2 Å². The summed E-state index contributed by atoms with van der Waals surface area (Å²) in [4.78, 5) is 39.4. The van der Waals surface area contributed by atoms with Crippen molar-refractivity contribution in [2.75, 3.05) is 45.4 Å². The lowest BCUT2D eigenvalue weighted by Crippen LogP contribution is -2.39. The van der Waals surface area contributed by atoms with Gasteiger partial charge in [-0.05, 0) is 132 Å². The molecule has 0 N–H and O–H groups in total. The third kappa shape index (κ3) is 22.3. The van der Waals surface area contributed by atoms with Gasteiger partial charge in [-0.1, -0.05) is 110 Å². The van der Waals surface area contributed by atoms with Gasteiger partial charge in [-0.3, -0.25) is 19.7 Å². The van der Waals surface area contributed by atoms with Crippen LogP contribution < -0.4 is 14.4 Å². The highest BCUT2D eigenvalue weighted by Gasteiger charge is 2.43. The second-order valence-electron chi connectivity index (χ2n) is 21.4. The number of carbonyl (C=O) groups excluding carboxylic acids is 2. The summed E-state index contributed by atoms with van der Waals surface area (Å²) in [6.07, 6.45) is 21.6.